The van der Waals surface area contributed by atoms with E-state index in [1.807, 2.05) is 4.90 Å². The minimum absolute atomic E-state index is 0.192. The van der Waals surface area contributed by atoms with Crippen molar-refractivity contribution in [2.24, 2.45) is 5.92 Å². The van der Waals surface area contributed by atoms with Crippen LogP contribution in [0.2, 0.25) is 0 Å². The average Bonchev–Trinajstić information content (AvgIpc) is 2.82. The van der Waals surface area contributed by atoms with Gasteiger partial charge in [-0.1, -0.05) is 0 Å². The van der Waals surface area contributed by atoms with Crippen LogP contribution in [0.5, 0.6) is 0 Å². The fraction of sp³-hybridized carbons (Fsp3) is 0.533. The summed E-state index contributed by atoms with van der Waals surface area (Å²) < 4.78 is 13.2. The molecule has 4 heteroatoms. The number of nitrogens with one attached hydrogen (secondary N) is 1. The van der Waals surface area contributed by atoms with E-state index < -0.39 is 0 Å². The van der Waals surface area contributed by atoms with Crippen molar-refractivity contribution in [2.75, 3.05) is 24.5 Å². The first kappa shape index (κ1) is 12.6. The number of anilines is 1. The topological polar surface area (TPSA) is 32.3 Å². The second kappa shape index (κ2) is 5.29. The number of halogens is 1. The van der Waals surface area contributed by atoms with E-state index in [1.165, 1.54) is 6.07 Å². The molecule has 0 radical (unpaired) electrons. The monoisotopic (exact) mass is 262 g/mol. The van der Waals surface area contributed by atoms with Crippen LogP contribution in [-0.2, 0) is 11.2 Å². The van der Waals surface area contributed by atoms with Crippen LogP contribution in [0.15, 0.2) is 18.2 Å². The SMILES string of the molecule is O=C(CC1CCNCC1)N1CCc2cc(F)ccc21. The number of amides is 1. The highest BCUT2D eigenvalue weighted by atomic mass is 19.1. The summed E-state index contributed by atoms with van der Waals surface area (Å²) in [6.45, 7) is 2.72. The van der Waals surface area contributed by atoms with Gasteiger partial charge < -0.3 is 10.2 Å². The Hall–Kier alpha value is -1.42. The van der Waals surface area contributed by atoms with Crippen LogP contribution in [0.1, 0.15) is 24.8 Å². The van der Waals surface area contributed by atoms with Gasteiger partial charge in [0.1, 0.15) is 5.82 Å². The fourth-order valence-corrected chi connectivity index (χ4v) is 3.07. The molecule has 0 spiro atoms. The Balaban J connectivity index is 1.69. The maximum Gasteiger partial charge on any atom is 0.227 e. The Bertz CT molecular complexity index is 483. The second-order valence-electron chi connectivity index (χ2n) is 5.47. The molecule has 1 saturated heterocycles. The average molecular weight is 262 g/mol. The van der Waals surface area contributed by atoms with Crippen LogP contribution in [0.25, 0.3) is 0 Å². The summed E-state index contributed by atoms with van der Waals surface area (Å²) in [6.07, 6.45) is 3.55. The van der Waals surface area contributed by atoms with E-state index >= 15 is 0 Å². The second-order valence-corrected chi connectivity index (χ2v) is 5.47. The standard InChI is InChI=1S/C15H19FN2O/c16-13-1-2-14-12(10-13)5-8-18(14)15(19)9-11-3-6-17-7-4-11/h1-2,10-11,17H,3-9H2. The first-order valence-corrected chi connectivity index (χ1v) is 7.03. The third-order valence-corrected chi connectivity index (χ3v) is 4.16. The maximum atomic E-state index is 13.2. The summed E-state index contributed by atoms with van der Waals surface area (Å²) in [5.74, 6) is 0.474. The Morgan fingerprint density at radius 2 is 2.16 bits per heavy atom. The molecule has 1 N–H and O–H groups in total. The van der Waals surface area contributed by atoms with Crippen molar-refractivity contribution < 1.29 is 9.18 Å². The predicted octanol–water partition coefficient (Wildman–Crippen LogP) is 2.10. The van der Waals surface area contributed by atoms with E-state index in [9.17, 15) is 9.18 Å². The van der Waals surface area contributed by atoms with E-state index in [1.54, 1.807) is 12.1 Å². The smallest absolute Gasteiger partial charge is 0.227 e. The van der Waals surface area contributed by atoms with Crippen LogP contribution < -0.4 is 10.2 Å². The zero-order chi connectivity index (χ0) is 13.2. The highest BCUT2D eigenvalue weighted by Crippen LogP contribution is 2.30. The van der Waals surface area contributed by atoms with Crippen molar-refractivity contribution in [1.29, 1.82) is 0 Å². The van der Waals surface area contributed by atoms with E-state index in [2.05, 4.69) is 5.32 Å². The summed E-state index contributed by atoms with van der Waals surface area (Å²) in [7, 11) is 0. The molecule has 2 heterocycles. The highest BCUT2D eigenvalue weighted by Gasteiger charge is 2.27. The third-order valence-electron chi connectivity index (χ3n) is 4.16. The molecule has 0 bridgehead atoms. The van der Waals surface area contributed by atoms with E-state index in [0.29, 0.717) is 18.9 Å². The molecule has 1 amide bonds. The fourth-order valence-electron chi connectivity index (χ4n) is 3.07. The lowest BCUT2D eigenvalue weighted by molar-refractivity contribution is -0.119. The van der Waals surface area contributed by atoms with Crippen LogP contribution in [-0.4, -0.2) is 25.5 Å². The van der Waals surface area contributed by atoms with Gasteiger partial charge in [-0.2, -0.15) is 0 Å². The lowest BCUT2D eigenvalue weighted by atomic mass is 9.94. The van der Waals surface area contributed by atoms with Gasteiger partial charge in [0.25, 0.3) is 0 Å². The lowest BCUT2D eigenvalue weighted by Gasteiger charge is -2.25. The third kappa shape index (κ3) is 2.63. The molecule has 3 nitrogen and oxygen atoms in total. The van der Waals surface area contributed by atoms with Gasteiger partial charge in [0.2, 0.25) is 5.91 Å². The summed E-state index contributed by atoms with van der Waals surface area (Å²) in [5.41, 5.74) is 1.86. The van der Waals surface area contributed by atoms with E-state index in [0.717, 1.165) is 43.6 Å². The molecule has 0 atom stereocenters. The Labute approximate surface area is 112 Å². The first-order chi connectivity index (χ1) is 9.24. The van der Waals surface area contributed by atoms with Crippen LogP contribution in [0.3, 0.4) is 0 Å². The molecule has 102 valence electrons. The predicted molar refractivity (Wildman–Crippen MR) is 72.7 cm³/mol. The van der Waals surface area contributed by atoms with Crippen LogP contribution >= 0.6 is 0 Å². The van der Waals surface area contributed by atoms with Crippen molar-refractivity contribution >= 4 is 11.6 Å². The van der Waals surface area contributed by atoms with Gasteiger partial charge in [-0.15, -0.1) is 0 Å². The van der Waals surface area contributed by atoms with Gasteiger partial charge in [0, 0.05) is 18.7 Å². The highest BCUT2D eigenvalue weighted by molar-refractivity contribution is 5.95. The van der Waals surface area contributed by atoms with Gasteiger partial charge in [-0.05, 0) is 62.0 Å². The van der Waals surface area contributed by atoms with Gasteiger partial charge >= 0.3 is 0 Å². The quantitative estimate of drug-likeness (QED) is 0.885. The number of carbonyl (C=O) groups is 1. The van der Waals surface area contributed by atoms with Crippen molar-refractivity contribution in [3.63, 3.8) is 0 Å². The molecule has 2 aliphatic rings. The zero-order valence-corrected chi connectivity index (χ0v) is 11.0. The number of hydrogen-bond acceptors (Lipinski definition) is 2. The van der Waals surface area contributed by atoms with Gasteiger partial charge in [-0.25, -0.2) is 4.39 Å². The van der Waals surface area contributed by atoms with Gasteiger partial charge in [0.15, 0.2) is 0 Å². The molecular weight excluding hydrogens is 243 g/mol. The maximum absolute atomic E-state index is 13.2. The molecule has 3 rings (SSSR count). The van der Waals surface area contributed by atoms with Crippen molar-refractivity contribution in [1.82, 2.24) is 5.32 Å². The van der Waals surface area contributed by atoms with Crippen molar-refractivity contribution in [3.8, 4) is 0 Å². The number of fused-ring (bicyclic) bond motifs is 1. The summed E-state index contributed by atoms with van der Waals surface area (Å²) >= 11 is 0. The molecule has 0 aromatic heterocycles. The number of benzene rings is 1. The molecular formula is C15H19FN2O. The van der Waals surface area contributed by atoms with Gasteiger partial charge in [-0.3, -0.25) is 4.79 Å². The van der Waals surface area contributed by atoms with Crippen LogP contribution in [0, 0.1) is 11.7 Å². The molecule has 1 aromatic carbocycles. The summed E-state index contributed by atoms with van der Waals surface area (Å²) in [4.78, 5) is 14.2. The minimum Gasteiger partial charge on any atom is -0.317 e. The number of nitrogens with zero attached hydrogens (tertiary/aromatic N) is 1. The Morgan fingerprint density at radius 1 is 1.37 bits per heavy atom. The summed E-state index contributed by atoms with van der Waals surface area (Å²) in [5, 5.41) is 3.31. The molecule has 2 aliphatic heterocycles. The number of carbonyl (C=O) groups excluding carboxylic acids is 1. The summed E-state index contributed by atoms with van der Waals surface area (Å²) in [6, 6.07) is 4.72. The normalized spacial score (nSPS) is 19.5. The Kier molecular flexibility index (Phi) is 3.51. The van der Waals surface area contributed by atoms with Crippen LogP contribution in [0.4, 0.5) is 10.1 Å². The molecule has 19 heavy (non-hydrogen) atoms. The minimum atomic E-state index is -0.216. The van der Waals surface area contributed by atoms with Crippen molar-refractivity contribution in [2.45, 2.75) is 25.7 Å². The lowest BCUT2D eigenvalue weighted by Crippen LogP contribution is -2.34. The molecule has 0 unspecified atom stereocenters. The largest absolute Gasteiger partial charge is 0.317 e. The Morgan fingerprint density at radius 3 is 2.95 bits per heavy atom. The molecule has 0 aliphatic carbocycles. The molecule has 0 saturated carbocycles. The van der Waals surface area contributed by atoms with Crippen molar-refractivity contribution in [3.05, 3.63) is 29.6 Å². The first-order valence-electron chi connectivity index (χ1n) is 7.03. The van der Waals surface area contributed by atoms with Gasteiger partial charge in [0.05, 0.1) is 0 Å². The number of piperidine rings is 1. The number of hydrogen-bond donors (Lipinski definition) is 1. The zero-order valence-electron chi connectivity index (χ0n) is 11.0. The van der Waals surface area contributed by atoms with E-state index in [4.69, 9.17) is 0 Å². The molecule has 1 fully saturated rings. The molecule has 1 aromatic rings. The van der Waals surface area contributed by atoms with E-state index in [-0.39, 0.29) is 11.7 Å². The number of rotatable bonds is 2.